The molecule has 0 spiro atoms. The molecule has 4 rings (SSSR count). The maximum absolute atomic E-state index is 12.6. The maximum atomic E-state index is 12.6. The monoisotopic (exact) mass is 559 g/mol. The van der Waals surface area contributed by atoms with Crippen LogP contribution in [0.25, 0.3) is 24.3 Å². The van der Waals surface area contributed by atoms with Crippen LogP contribution in [-0.4, -0.2) is 15.9 Å². The van der Waals surface area contributed by atoms with Crippen LogP contribution in [-0.2, 0) is 0 Å². The lowest BCUT2D eigenvalue weighted by molar-refractivity contribution is 0.102. The quantitative estimate of drug-likeness (QED) is 0.264. The molecule has 162 valence electrons. The van der Waals surface area contributed by atoms with Gasteiger partial charge in [0.2, 0.25) is 5.95 Å². The summed E-state index contributed by atoms with van der Waals surface area (Å²) in [5.74, 6) is -0.00950. The molecule has 33 heavy (non-hydrogen) atoms. The summed E-state index contributed by atoms with van der Waals surface area (Å²) in [5, 5.41) is 2.81. The van der Waals surface area contributed by atoms with E-state index in [9.17, 15) is 4.79 Å². The number of anilines is 1. The summed E-state index contributed by atoms with van der Waals surface area (Å²) in [7, 11) is 0. The van der Waals surface area contributed by atoms with Gasteiger partial charge in [-0.25, -0.2) is 9.97 Å². The molecule has 1 amide bonds. The first-order valence-electron chi connectivity index (χ1n) is 10.2. The van der Waals surface area contributed by atoms with Gasteiger partial charge in [-0.05, 0) is 65.7 Å². The number of halogens is 2. The van der Waals surface area contributed by atoms with Crippen molar-refractivity contribution < 1.29 is 4.79 Å². The van der Waals surface area contributed by atoms with Crippen molar-refractivity contribution in [2.24, 2.45) is 0 Å². The molecule has 0 bridgehead atoms. The predicted octanol–water partition coefficient (Wildman–Crippen LogP) is 7.59. The van der Waals surface area contributed by atoms with Crippen LogP contribution in [0.15, 0.2) is 93.9 Å². The number of amides is 1. The fourth-order valence-corrected chi connectivity index (χ4v) is 3.52. The molecule has 0 unspecified atom stereocenters. The van der Waals surface area contributed by atoms with Crippen LogP contribution in [0.1, 0.15) is 32.9 Å². The van der Waals surface area contributed by atoms with Gasteiger partial charge in [-0.2, -0.15) is 0 Å². The van der Waals surface area contributed by atoms with Crippen LogP contribution in [0, 0.1) is 0 Å². The van der Waals surface area contributed by atoms with Gasteiger partial charge in [0.05, 0.1) is 11.4 Å². The summed E-state index contributed by atoms with van der Waals surface area (Å²) in [6.45, 7) is 0. The third-order valence-corrected chi connectivity index (χ3v) is 5.72. The number of nitrogens with zero attached hydrogens (tertiary/aromatic N) is 2. The van der Waals surface area contributed by atoms with Crippen LogP contribution < -0.4 is 5.32 Å². The second-order valence-corrected chi connectivity index (χ2v) is 8.96. The molecule has 0 saturated heterocycles. The van der Waals surface area contributed by atoms with Gasteiger partial charge in [0.1, 0.15) is 0 Å². The van der Waals surface area contributed by atoms with Gasteiger partial charge in [-0.15, -0.1) is 0 Å². The molecule has 0 fully saturated rings. The van der Waals surface area contributed by atoms with E-state index < -0.39 is 0 Å². The first-order chi connectivity index (χ1) is 16.0. The van der Waals surface area contributed by atoms with Crippen LogP contribution in [0.4, 0.5) is 5.95 Å². The predicted molar refractivity (Wildman–Crippen MR) is 143 cm³/mol. The summed E-state index contributed by atoms with van der Waals surface area (Å²) in [4.78, 5) is 21.7. The van der Waals surface area contributed by atoms with E-state index in [1.54, 1.807) is 12.1 Å². The minimum atomic E-state index is -0.257. The van der Waals surface area contributed by atoms with Gasteiger partial charge >= 0.3 is 0 Å². The Bertz CT molecular complexity index is 1230. The normalized spacial score (nSPS) is 11.2. The van der Waals surface area contributed by atoms with Gasteiger partial charge in [0.15, 0.2) is 0 Å². The smallest absolute Gasteiger partial charge is 0.258 e. The van der Waals surface area contributed by atoms with Crippen LogP contribution in [0.3, 0.4) is 0 Å². The number of nitrogens with one attached hydrogen (secondary N) is 1. The SMILES string of the molecule is O=C(Nc1nc(/C=C/c2ccc(Br)cc2)cc(/C=C/c2ccc(Br)cc2)n1)c1ccccc1. The van der Waals surface area contributed by atoms with Crippen molar-refractivity contribution in [3.63, 3.8) is 0 Å². The summed E-state index contributed by atoms with van der Waals surface area (Å²) in [6, 6.07) is 26.9. The Hall–Kier alpha value is -3.35. The summed E-state index contributed by atoms with van der Waals surface area (Å²) in [6.07, 6.45) is 7.75. The number of benzene rings is 3. The Morgan fingerprint density at radius 2 is 1.15 bits per heavy atom. The minimum absolute atomic E-state index is 0.247. The Labute approximate surface area is 209 Å². The average Bonchev–Trinajstić information content (AvgIpc) is 2.84. The van der Waals surface area contributed by atoms with Crippen molar-refractivity contribution in [3.05, 3.63) is 122 Å². The Morgan fingerprint density at radius 3 is 1.64 bits per heavy atom. The van der Waals surface area contributed by atoms with E-state index >= 15 is 0 Å². The topological polar surface area (TPSA) is 54.9 Å². The number of hydrogen-bond acceptors (Lipinski definition) is 3. The van der Waals surface area contributed by atoms with E-state index in [1.807, 2.05) is 97.1 Å². The molecule has 3 aromatic carbocycles. The number of carbonyl (C=O) groups excluding carboxylic acids is 1. The highest BCUT2D eigenvalue weighted by Crippen LogP contribution is 2.17. The molecule has 4 aromatic rings. The molecular formula is C27H19Br2N3O. The van der Waals surface area contributed by atoms with Crippen LogP contribution >= 0.6 is 31.9 Å². The Balaban J connectivity index is 1.63. The maximum Gasteiger partial charge on any atom is 0.258 e. The fourth-order valence-electron chi connectivity index (χ4n) is 2.99. The Kier molecular flexibility index (Phi) is 7.60. The first-order valence-corrected chi connectivity index (χ1v) is 11.8. The molecular weight excluding hydrogens is 542 g/mol. The van der Waals surface area contributed by atoms with Crippen molar-refractivity contribution in [2.45, 2.75) is 0 Å². The summed E-state index contributed by atoms with van der Waals surface area (Å²) < 4.78 is 2.04. The van der Waals surface area contributed by atoms with Gasteiger partial charge < -0.3 is 0 Å². The molecule has 0 aliphatic carbocycles. The number of hydrogen-bond donors (Lipinski definition) is 1. The zero-order valence-corrected chi connectivity index (χ0v) is 20.6. The van der Waals surface area contributed by atoms with E-state index in [1.165, 1.54) is 0 Å². The van der Waals surface area contributed by atoms with Crippen molar-refractivity contribution in [2.75, 3.05) is 5.32 Å². The number of rotatable bonds is 6. The van der Waals surface area contributed by atoms with E-state index in [-0.39, 0.29) is 11.9 Å². The average molecular weight is 561 g/mol. The second kappa shape index (κ2) is 11.0. The molecule has 1 aromatic heterocycles. The molecule has 0 radical (unpaired) electrons. The molecule has 0 atom stereocenters. The summed E-state index contributed by atoms with van der Waals surface area (Å²) in [5.41, 5.74) is 4.00. The third-order valence-electron chi connectivity index (χ3n) is 4.66. The molecule has 0 aliphatic rings. The van der Waals surface area contributed by atoms with Crippen molar-refractivity contribution in [1.82, 2.24) is 9.97 Å². The summed E-state index contributed by atoms with van der Waals surface area (Å²) >= 11 is 6.90. The van der Waals surface area contributed by atoms with Gasteiger partial charge in [0, 0.05) is 14.5 Å². The van der Waals surface area contributed by atoms with Gasteiger partial charge in [-0.1, -0.05) is 86.5 Å². The van der Waals surface area contributed by atoms with E-state index in [2.05, 4.69) is 47.1 Å². The molecule has 0 saturated carbocycles. The molecule has 0 aliphatic heterocycles. The second-order valence-electron chi connectivity index (χ2n) is 7.13. The first kappa shape index (κ1) is 22.8. The highest BCUT2D eigenvalue weighted by molar-refractivity contribution is 9.10. The van der Waals surface area contributed by atoms with E-state index in [4.69, 9.17) is 0 Å². The van der Waals surface area contributed by atoms with Gasteiger partial charge in [-0.3, -0.25) is 10.1 Å². The van der Waals surface area contributed by atoms with Crippen LogP contribution in [0.5, 0.6) is 0 Å². The molecule has 6 heteroatoms. The third kappa shape index (κ3) is 6.81. The largest absolute Gasteiger partial charge is 0.290 e. The van der Waals surface area contributed by atoms with E-state index in [0.717, 1.165) is 20.1 Å². The lowest BCUT2D eigenvalue weighted by Gasteiger charge is -2.06. The molecule has 1 heterocycles. The zero-order chi connectivity index (χ0) is 23.0. The fraction of sp³-hybridized carbons (Fsp3) is 0. The molecule has 1 N–H and O–H groups in total. The minimum Gasteiger partial charge on any atom is -0.290 e. The van der Waals surface area contributed by atoms with Crippen LogP contribution in [0.2, 0.25) is 0 Å². The lowest BCUT2D eigenvalue weighted by Crippen LogP contribution is -2.14. The van der Waals surface area contributed by atoms with E-state index in [0.29, 0.717) is 17.0 Å². The van der Waals surface area contributed by atoms with Crippen molar-refractivity contribution in [3.8, 4) is 0 Å². The number of carbonyl (C=O) groups is 1. The zero-order valence-electron chi connectivity index (χ0n) is 17.5. The van der Waals surface area contributed by atoms with Crippen molar-refractivity contribution >= 4 is 68.0 Å². The van der Waals surface area contributed by atoms with Crippen molar-refractivity contribution in [1.29, 1.82) is 0 Å². The highest BCUT2D eigenvalue weighted by atomic mass is 79.9. The number of aromatic nitrogens is 2. The highest BCUT2D eigenvalue weighted by Gasteiger charge is 2.09. The Morgan fingerprint density at radius 1 is 0.667 bits per heavy atom. The molecule has 4 nitrogen and oxygen atoms in total. The standard InChI is InChI=1S/C27H19Br2N3O/c28-22-12-6-19(7-13-22)10-16-24-18-25(17-11-20-8-14-23(29)15-9-20)31-27(30-24)32-26(33)21-4-2-1-3-5-21/h1-18H,(H,30,31,32,33)/b16-10+,17-11+. The lowest BCUT2D eigenvalue weighted by atomic mass is 10.1. The van der Waals surface area contributed by atoms with Gasteiger partial charge in [0.25, 0.3) is 5.91 Å².